The summed E-state index contributed by atoms with van der Waals surface area (Å²) in [4.78, 5) is 16.2. The summed E-state index contributed by atoms with van der Waals surface area (Å²) in [6, 6.07) is 8.94. The van der Waals surface area contributed by atoms with Gasteiger partial charge in [0, 0.05) is 5.02 Å². The lowest BCUT2D eigenvalue weighted by Crippen LogP contribution is -2.20. The molecule has 1 heterocycles. The maximum atomic E-state index is 12.0. The third-order valence-corrected chi connectivity index (χ3v) is 5.56. The van der Waals surface area contributed by atoms with E-state index in [1.165, 1.54) is 24.3 Å². The molecule has 3 N–H and O–H groups in total. The Bertz CT molecular complexity index is 1100. The standard InChI is InChI=1S/C15H11Cl2N3O4S2/c16-8-1-4-12(10(17)5-8)24-7-14(21)20-15-19-11-3-2-9(26(18,22)23)6-13(11)25-15/h1-6H,7H2,(H2,18,22,23)(H,19,20,21). The lowest BCUT2D eigenvalue weighted by Gasteiger charge is -2.07. The van der Waals surface area contributed by atoms with Gasteiger partial charge in [-0.25, -0.2) is 18.5 Å². The molecule has 0 unspecified atom stereocenters. The number of hydrogen-bond acceptors (Lipinski definition) is 6. The van der Waals surface area contributed by atoms with Crippen LogP contribution in [0.5, 0.6) is 5.75 Å². The lowest BCUT2D eigenvalue weighted by molar-refractivity contribution is -0.118. The monoisotopic (exact) mass is 431 g/mol. The van der Waals surface area contributed by atoms with E-state index in [2.05, 4.69) is 10.3 Å². The van der Waals surface area contributed by atoms with Crippen molar-refractivity contribution < 1.29 is 17.9 Å². The van der Waals surface area contributed by atoms with Gasteiger partial charge >= 0.3 is 0 Å². The SMILES string of the molecule is NS(=O)(=O)c1ccc2nc(NC(=O)COc3ccc(Cl)cc3Cl)sc2c1. The molecule has 7 nitrogen and oxygen atoms in total. The van der Waals surface area contributed by atoms with Crippen molar-refractivity contribution in [3.05, 3.63) is 46.4 Å². The number of aromatic nitrogens is 1. The third-order valence-electron chi connectivity index (χ3n) is 3.19. The molecular formula is C15H11Cl2N3O4S2. The minimum Gasteiger partial charge on any atom is -0.482 e. The van der Waals surface area contributed by atoms with Gasteiger partial charge in [-0.1, -0.05) is 34.5 Å². The Balaban J connectivity index is 1.69. The van der Waals surface area contributed by atoms with Crippen LogP contribution in [-0.4, -0.2) is 25.9 Å². The molecule has 3 rings (SSSR count). The number of amides is 1. The zero-order valence-corrected chi connectivity index (χ0v) is 16.0. The number of fused-ring (bicyclic) bond motifs is 1. The van der Waals surface area contributed by atoms with Gasteiger partial charge in [0.1, 0.15) is 5.75 Å². The zero-order valence-electron chi connectivity index (χ0n) is 12.9. The first-order valence-corrected chi connectivity index (χ1v) is 10.2. The van der Waals surface area contributed by atoms with E-state index < -0.39 is 15.9 Å². The summed E-state index contributed by atoms with van der Waals surface area (Å²) in [5.74, 6) is -0.116. The predicted molar refractivity (Wildman–Crippen MR) is 102 cm³/mol. The molecular weight excluding hydrogens is 421 g/mol. The average Bonchev–Trinajstić information content (AvgIpc) is 2.94. The highest BCUT2D eigenvalue weighted by Crippen LogP contribution is 2.29. The number of anilines is 1. The van der Waals surface area contributed by atoms with Gasteiger partial charge < -0.3 is 4.74 Å². The van der Waals surface area contributed by atoms with Crippen molar-refractivity contribution in [1.29, 1.82) is 0 Å². The van der Waals surface area contributed by atoms with E-state index >= 15 is 0 Å². The van der Waals surface area contributed by atoms with Gasteiger partial charge in [0.25, 0.3) is 5.91 Å². The van der Waals surface area contributed by atoms with E-state index in [-0.39, 0.29) is 11.5 Å². The Kier molecular flexibility index (Phi) is 5.35. The van der Waals surface area contributed by atoms with Crippen LogP contribution in [0, 0.1) is 0 Å². The van der Waals surface area contributed by atoms with E-state index in [0.29, 0.717) is 31.1 Å². The number of ether oxygens (including phenoxy) is 1. The number of hydrogen-bond donors (Lipinski definition) is 2. The van der Waals surface area contributed by atoms with Gasteiger partial charge in [-0.3, -0.25) is 10.1 Å². The van der Waals surface area contributed by atoms with Crippen LogP contribution in [0.3, 0.4) is 0 Å². The topological polar surface area (TPSA) is 111 Å². The molecule has 0 fully saturated rings. The lowest BCUT2D eigenvalue weighted by atomic mass is 10.3. The van der Waals surface area contributed by atoms with Gasteiger partial charge in [-0.05, 0) is 36.4 Å². The first-order valence-electron chi connectivity index (χ1n) is 7.03. The van der Waals surface area contributed by atoms with Crippen LogP contribution in [0.1, 0.15) is 0 Å². The molecule has 2 aromatic carbocycles. The number of halogens is 2. The Morgan fingerprint density at radius 3 is 2.69 bits per heavy atom. The molecule has 136 valence electrons. The van der Waals surface area contributed by atoms with Crippen molar-refractivity contribution in [1.82, 2.24) is 4.98 Å². The van der Waals surface area contributed by atoms with Gasteiger partial charge in [0.05, 0.1) is 20.1 Å². The molecule has 0 saturated heterocycles. The highest BCUT2D eigenvalue weighted by Gasteiger charge is 2.13. The number of carbonyl (C=O) groups excluding carboxylic acids is 1. The number of nitrogens with zero attached hydrogens (tertiary/aromatic N) is 1. The average molecular weight is 432 g/mol. The van der Waals surface area contributed by atoms with Crippen LogP contribution in [-0.2, 0) is 14.8 Å². The Labute approximate surface area is 162 Å². The second kappa shape index (κ2) is 7.37. The smallest absolute Gasteiger partial charge is 0.264 e. The fraction of sp³-hybridized carbons (Fsp3) is 0.0667. The molecule has 1 aromatic heterocycles. The van der Waals surface area contributed by atoms with E-state index in [9.17, 15) is 13.2 Å². The Morgan fingerprint density at radius 2 is 2.00 bits per heavy atom. The summed E-state index contributed by atoms with van der Waals surface area (Å²) in [5, 5.41) is 8.75. The number of thiazole rings is 1. The van der Waals surface area contributed by atoms with Crippen molar-refractivity contribution in [2.75, 3.05) is 11.9 Å². The number of rotatable bonds is 5. The maximum absolute atomic E-state index is 12.0. The fourth-order valence-electron chi connectivity index (χ4n) is 2.03. The van der Waals surface area contributed by atoms with Crippen LogP contribution in [0.2, 0.25) is 10.0 Å². The van der Waals surface area contributed by atoms with E-state index in [1.807, 2.05) is 0 Å². The van der Waals surface area contributed by atoms with E-state index in [1.54, 1.807) is 12.1 Å². The van der Waals surface area contributed by atoms with Crippen molar-refractivity contribution >= 4 is 65.8 Å². The van der Waals surface area contributed by atoms with Crippen LogP contribution < -0.4 is 15.2 Å². The van der Waals surface area contributed by atoms with Gasteiger partial charge in [-0.15, -0.1) is 0 Å². The van der Waals surface area contributed by atoms with Gasteiger partial charge in [0.2, 0.25) is 10.0 Å². The molecule has 0 radical (unpaired) electrons. The number of nitrogens with one attached hydrogen (secondary N) is 1. The predicted octanol–water partition coefficient (Wildman–Crippen LogP) is 3.27. The Hall–Kier alpha value is -1.91. The number of sulfonamides is 1. The summed E-state index contributed by atoms with van der Waals surface area (Å²) >= 11 is 12.9. The molecule has 0 saturated carbocycles. The molecule has 11 heteroatoms. The molecule has 0 aliphatic heterocycles. The first-order chi connectivity index (χ1) is 12.2. The number of primary sulfonamides is 1. The van der Waals surface area contributed by atoms with Crippen LogP contribution >= 0.6 is 34.5 Å². The highest BCUT2D eigenvalue weighted by molar-refractivity contribution is 7.89. The summed E-state index contributed by atoms with van der Waals surface area (Å²) < 4.78 is 28.7. The van der Waals surface area contributed by atoms with Crippen molar-refractivity contribution in [2.24, 2.45) is 5.14 Å². The highest BCUT2D eigenvalue weighted by atomic mass is 35.5. The fourth-order valence-corrected chi connectivity index (χ4v) is 4.03. The molecule has 0 aliphatic carbocycles. The summed E-state index contributed by atoms with van der Waals surface area (Å²) in [6.07, 6.45) is 0. The van der Waals surface area contributed by atoms with E-state index in [0.717, 1.165) is 11.3 Å². The summed E-state index contributed by atoms with van der Waals surface area (Å²) in [7, 11) is -3.80. The number of benzene rings is 2. The molecule has 1 amide bonds. The molecule has 0 bridgehead atoms. The molecule has 26 heavy (non-hydrogen) atoms. The number of nitrogens with two attached hydrogens (primary N) is 1. The number of carbonyl (C=O) groups is 1. The summed E-state index contributed by atoms with van der Waals surface area (Å²) in [6.45, 7) is -0.278. The van der Waals surface area contributed by atoms with Crippen LogP contribution in [0.15, 0.2) is 41.3 Å². The second-order valence-corrected chi connectivity index (χ2v) is 8.54. The van der Waals surface area contributed by atoms with Crippen molar-refractivity contribution in [3.63, 3.8) is 0 Å². The zero-order chi connectivity index (χ0) is 18.9. The quantitative estimate of drug-likeness (QED) is 0.643. The van der Waals surface area contributed by atoms with E-state index in [4.69, 9.17) is 33.1 Å². The second-order valence-electron chi connectivity index (χ2n) is 5.11. The maximum Gasteiger partial charge on any atom is 0.264 e. The molecule has 0 spiro atoms. The minimum atomic E-state index is -3.80. The Morgan fingerprint density at radius 1 is 1.23 bits per heavy atom. The summed E-state index contributed by atoms with van der Waals surface area (Å²) in [5.41, 5.74) is 0.541. The van der Waals surface area contributed by atoms with Crippen LogP contribution in [0.25, 0.3) is 10.2 Å². The minimum absolute atomic E-state index is 0.0211. The molecule has 0 aliphatic rings. The van der Waals surface area contributed by atoms with Crippen LogP contribution in [0.4, 0.5) is 5.13 Å². The van der Waals surface area contributed by atoms with Gasteiger partial charge in [-0.2, -0.15) is 0 Å². The normalized spacial score (nSPS) is 11.5. The van der Waals surface area contributed by atoms with Gasteiger partial charge in [0.15, 0.2) is 11.7 Å². The van der Waals surface area contributed by atoms with Crippen molar-refractivity contribution in [2.45, 2.75) is 4.90 Å². The third kappa shape index (κ3) is 4.43. The molecule has 3 aromatic rings. The largest absolute Gasteiger partial charge is 0.482 e. The molecule has 0 atom stereocenters. The van der Waals surface area contributed by atoms with Crippen molar-refractivity contribution in [3.8, 4) is 5.75 Å². The first kappa shape index (κ1) is 18.9.